The van der Waals surface area contributed by atoms with Gasteiger partial charge in [-0.3, -0.25) is 4.72 Å². The number of alkyl halides is 3. The summed E-state index contributed by atoms with van der Waals surface area (Å²) in [5, 5.41) is 3.78. The number of rotatable bonds is 8. The minimum absolute atomic E-state index is 0.223. The molecule has 0 fully saturated rings. The molecule has 0 bridgehead atoms. The predicted molar refractivity (Wildman–Crippen MR) is 108 cm³/mol. The Morgan fingerprint density at radius 2 is 1.76 bits per heavy atom. The van der Waals surface area contributed by atoms with Gasteiger partial charge in [-0.05, 0) is 42.4 Å². The van der Waals surface area contributed by atoms with Gasteiger partial charge in [0.15, 0.2) is 0 Å². The van der Waals surface area contributed by atoms with Crippen LogP contribution in [0.25, 0.3) is 0 Å². The third-order valence-electron chi connectivity index (χ3n) is 4.19. The summed E-state index contributed by atoms with van der Waals surface area (Å²) >= 11 is 12.1. The van der Waals surface area contributed by atoms with Crippen molar-refractivity contribution in [3.63, 3.8) is 0 Å². The Bertz CT molecular complexity index is 956. The molecule has 0 aliphatic rings. The summed E-state index contributed by atoms with van der Waals surface area (Å²) in [6.07, 6.45) is -0.602. The Labute approximate surface area is 177 Å². The normalized spacial score (nSPS) is 14.4. The summed E-state index contributed by atoms with van der Waals surface area (Å²) < 4.78 is 67.9. The van der Waals surface area contributed by atoms with E-state index in [9.17, 15) is 21.6 Å². The minimum Gasteiger partial charge on any atom is -0.376 e. The third kappa shape index (κ3) is 5.76. The fourth-order valence-electron chi connectivity index (χ4n) is 2.89. The van der Waals surface area contributed by atoms with Gasteiger partial charge >= 0.3 is 15.5 Å². The van der Waals surface area contributed by atoms with Crippen molar-refractivity contribution in [1.82, 2.24) is 5.32 Å². The van der Waals surface area contributed by atoms with Crippen molar-refractivity contribution in [1.29, 1.82) is 0 Å². The van der Waals surface area contributed by atoms with Crippen LogP contribution in [0, 0.1) is 0 Å². The van der Waals surface area contributed by atoms with Crippen LogP contribution in [0.2, 0.25) is 10.0 Å². The van der Waals surface area contributed by atoms with E-state index in [1.807, 2.05) is 0 Å². The molecule has 2 rings (SSSR count). The summed E-state index contributed by atoms with van der Waals surface area (Å²) in [5.74, 6) is -0.283. The summed E-state index contributed by atoms with van der Waals surface area (Å²) in [4.78, 5) is 0. The van der Waals surface area contributed by atoms with Gasteiger partial charge in [0, 0.05) is 25.3 Å². The lowest BCUT2D eigenvalue weighted by Crippen LogP contribution is -2.30. The molecule has 2 atom stereocenters. The number of hydrogen-bond donors (Lipinski definition) is 2. The summed E-state index contributed by atoms with van der Waals surface area (Å²) in [6, 6.07) is 10.7. The first-order chi connectivity index (χ1) is 13.5. The van der Waals surface area contributed by atoms with Crippen LogP contribution < -0.4 is 10.0 Å². The van der Waals surface area contributed by atoms with E-state index >= 15 is 0 Å². The van der Waals surface area contributed by atoms with Gasteiger partial charge in [-0.25, -0.2) is 0 Å². The van der Waals surface area contributed by atoms with Gasteiger partial charge in [-0.1, -0.05) is 41.4 Å². The quantitative estimate of drug-likeness (QED) is 0.572. The second-order valence-electron chi connectivity index (χ2n) is 6.17. The van der Waals surface area contributed by atoms with Crippen LogP contribution in [0.1, 0.15) is 23.1 Å². The molecule has 0 amide bonds. The fourth-order valence-corrected chi connectivity index (χ4v) is 3.75. The largest absolute Gasteiger partial charge is 0.516 e. The smallest absolute Gasteiger partial charge is 0.376 e. The van der Waals surface area contributed by atoms with Crippen molar-refractivity contribution < 1.29 is 26.3 Å². The molecular weight excluding hydrogens is 452 g/mol. The zero-order valence-electron chi connectivity index (χ0n) is 15.4. The Hall–Kier alpha value is -1.52. The highest BCUT2D eigenvalue weighted by molar-refractivity contribution is 7.93. The number of methoxy groups -OCH3 is 1. The zero-order valence-corrected chi connectivity index (χ0v) is 17.8. The van der Waals surface area contributed by atoms with Crippen LogP contribution in [-0.2, 0) is 14.8 Å². The maximum Gasteiger partial charge on any atom is 0.516 e. The lowest BCUT2D eigenvalue weighted by atomic mass is 9.88. The first kappa shape index (κ1) is 23.8. The first-order valence-electron chi connectivity index (χ1n) is 8.31. The molecule has 0 spiro atoms. The van der Waals surface area contributed by atoms with E-state index in [-0.39, 0.29) is 11.6 Å². The average molecular weight is 471 g/mol. The van der Waals surface area contributed by atoms with Crippen LogP contribution in [0.4, 0.5) is 18.9 Å². The molecule has 2 N–H and O–H groups in total. The third-order valence-corrected chi connectivity index (χ3v) is 6.04. The van der Waals surface area contributed by atoms with E-state index < -0.39 is 21.6 Å². The van der Waals surface area contributed by atoms with Gasteiger partial charge in [0.1, 0.15) is 0 Å². The van der Waals surface area contributed by atoms with Crippen molar-refractivity contribution in [3.05, 3.63) is 63.6 Å². The van der Waals surface area contributed by atoms with Crippen molar-refractivity contribution in [3.8, 4) is 0 Å². The molecule has 0 heterocycles. The molecule has 5 nitrogen and oxygen atoms in total. The van der Waals surface area contributed by atoms with Crippen LogP contribution >= 0.6 is 23.2 Å². The Morgan fingerprint density at radius 1 is 1.07 bits per heavy atom. The molecule has 0 aliphatic heterocycles. The van der Waals surface area contributed by atoms with Gasteiger partial charge in [0.05, 0.1) is 16.1 Å². The van der Waals surface area contributed by atoms with Crippen molar-refractivity contribution in [2.75, 3.05) is 25.4 Å². The molecule has 0 aromatic heterocycles. The maximum atomic E-state index is 12.7. The highest BCUT2D eigenvalue weighted by Gasteiger charge is 2.46. The van der Waals surface area contributed by atoms with Crippen molar-refractivity contribution in [2.24, 2.45) is 0 Å². The number of likely N-dealkylation sites (N-methyl/N-ethyl adjacent to an activating group) is 1. The van der Waals surface area contributed by atoms with E-state index in [1.165, 1.54) is 25.3 Å². The first-order valence-corrected chi connectivity index (χ1v) is 10.6. The number of ether oxygens (including phenoxy) is 1. The van der Waals surface area contributed by atoms with Gasteiger partial charge in [0.25, 0.3) is 0 Å². The Morgan fingerprint density at radius 3 is 2.31 bits per heavy atom. The summed E-state index contributed by atoms with van der Waals surface area (Å²) in [6.45, 7) is 0.453. The van der Waals surface area contributed by atoms with Crippen molar-refractivity contribution in [2.45, 2.75) is 17.5 Å². The molecule has 29 heavy (non-hydrogen) atoms. The summed E-state index contributed by atoms with van der Waals surface area (Å²) in [5.41, 5.74) is -4.36. The number of benzene rings is 2. The lowest BCUT2D eigenvalue weighted by Gasteiger charge is -2.27. The zero-order chi connectivity index (χ0) is 21.8. The molecule has 0 aliphatic carbocycles. The minimum atomic E-state index is -5.53. The predicted octanol–water partition coefficient (Wildman–Crippen LogP) is 4.95. The van der Waals surface area contributed by atoms with Crippen LogP contribution in [0.5, 0.6) is 0 Å². The number of halogens is 5. The average Bonchev–Trinajstić information content (AvgIpc) is 2.63. The monoisotopic (exact) mass is 470 g/mol. The Balaban J connectivity index is 2.42. The summed E-state index contributed by atoms with van der Waals surface area (Å²) in [7, 11) is -2.33. The van der Waals surface area contributed by atoms with E-state index in [0.717, 1.165) is 5.56 Å². The van der Waals surface area contributed by atoms with Crippen LogP contribution in [0.15, 0.2) is 42.5 Å². The molecule has 2 aromatic carbocycles. The lowest BCUT2D eigenvalue weighted by molar-refractivity contribution is -0.0429. The van der Waals surface area contributed by atoms with Gasteiger partial charge < -0.3 is 10.1 Å². The molecule has 2 unspecified atom stereocenters. The number of anilines is 1. The molecular formula is C18H19Cl2F3N2O3S. The molecule has 2 aromatic rings. The van der Waals surface area contributed by atoms with E-state index in [4.69, 9.17) is 27.9 Å². The van der Waals surface area contributed by atoms with E-state index in [1.54, 1.807) is 36.0 Å². The van der Waals surface area contributed by atoms with Gasteiger partial charge in [-0.2, -0.15) is 21.6 Å². The highest BCUT2D eigenvalue weighted by Crippen LogP contribution is 2.37. The van der Waals surface area contributed by atoms with Crippen LogP contribution in [0.3, 0.4) is 0 Å². The number of hydrogen-bond acceptors (Lipinski definition) is 4. The fraction of sp³-hybridized carbons (Fsp3) is 0.333. The van der Waals surface area contributed by atoms with E-state index in [0.29, 0.717) is 22.2 Å². The van der Waals surface area contributed by atoms with Crippen molar-refractivity contribution >= 4 is 38.9 Å². The molecule has 0 radical (unpaired) electrons. The Kier molecular flexibility index (Phi) is 7.80. The number of sulfonamides is 1. The molecule has 11 heteroatoms. The molecule has 0 saturated heterocycles. The highest BCUT2D eigenvalue weighted by atomic mass is 35.5. The van der Waals surface area contributed by atoms with Crippen LogP contribution in [-0.4, -0.2) is 34.6 Å². The van der Waals surface area contributed by atoms with Gasteiger partial charge in [-0.15, -0.1) is 0 Å². The topological polar surface area (TPSA) is 67.4 Å². The van der Waals surface area contributed by atoms with Gasteiger partial charge in [0.2, 0.25) is 0 Å². The SMILES string of the molecule is CNCC(c1ccc(Cl)c(Cl)c1)C(OC)c1cccc(NS(=O)(=O)C(F)(F)F)c1. The standard InChI is InChI=1S/C18H19Cl2F3N2O3S/c1-24-10-14(11-6-7-15(19)16(20)9-11)17(28-2)12-4-3-5-13(8-12)25-29(26,27)18(21,22)23/h3-9,14,17,24-25H,10H2,1-2H3. The second kappa shape index (κ2) is 9.53. The maximum absolute atomic E-state index is 12.7. The second-order valence-corrected chi connectivity index (χ2v) is 8.66. The number of nitrogens with one attached hydrogen (secondary N) is 2. The molecule has 160 valence electrons. The van der Waals surface area contributed by atoms with E-state index in [2.05, 4.69) is 5.32 Å². The molecule has 0 saturated carbocycles.